The Morgan fingerprint density at radius 2 is 1.69 bits per heavy atom. The molecule has 168 valence electrons. The molecule has 1 aromatic heterocycles. The molecule has 0 bridgehead atoms. The Morgan fingerprint density at radius 3 is 2.34 bits per heavy atom. The molecule has 1 aliphatic heterocycles. The molecule has 9 heteroatoms. The number of carbonyl (C=O) groups excluding carboxylic acids is 1. The first kappa shape index (κ1) is 21.5. The van der Waals surface area contributed by atoms with E-state index in [1.807, 2.05) is 24.3 Å². The minimum absolute atomic E-state index is 0.0417. The van der Waals surface area contributed by atoms with E-state index in [-0.39, 0.29) is 11.8 Å². The van der Waals surface area contributed by atoms with Crippen LogP contribution in [-0.2, 0) is 11.3 Å². The zero-order valence-electron chi connectivity index (χ0n) is 18.5. The number of likely N-dealkylation sites (tertiary alicyclic amines) is 1. The van der Waals surface area contributed by atoms with Gasteiger partial charge in [-0.1, -0.05) is 23.4 Å². The summed E-state index contributed by atoms with van der Waals surface area (Å²) in [5, 5.41) is 4.14. The molecule has 0 spiro atoms. The van der Waals surface area contributed by atoms with Crippen molar-refractivity contribution in [3.8, 4) is 34.5 Å². The van der Waals surface area contributed by atoms with E-state index in [4.69, 9.17) is 23.5 Å². The maximum Gasteiger partial charge on any atom is 0.258 e. The lowest BCUT2D eigenvalue weighted by Gasteiger charge is -2.17. The number of nitrogens with zero attached hydrogens (tertiary/aromatic N) is 3. The molecule has 0 radical (unpaired) electrons. The normalized spacial score (nSPS) is 15.7. The number of benzene rings is 2. The molecule has 3 aromatic rings. The predicted octanol–water partition coefficient (Wildman–Crippen LogP) is 3.29. The third-order valence-electron chi connectivity index (χ3n) is 5.49. The van der Waals surface area contributed by atoms with E-state index in [9.17, 15) is 4.79 Å². The summed E-state index contributed by atoms with van der Waals surface area (Å²) in [5.74, 6) is 2.90. The van der Waals surface area contributed by atoms with Crippen molar-refractivity contribution in [1.29, 1.82) is 0 Å². The van der Waals surface area contributed by atoms with Gasteiger partial charge in [-0.3, -0.25) is 4.79 Å². The van der Waals surface area contributed by atoms with Gasteiger partial charge >= 0.3 is 0 Å². The van der Waals surface area contributed by atoms with E-state index in [1.165, 1.54) is 0 Å². The first-order chi connectivity index (χ1) is 15.6. The van der Waals surface area contributed by atoms with E-state index >= 15 is 0 Å². The SMILES string of the molecule is COc1ccccc1CN1CC(c2noc(-c3cc(OC)c(OC)c(OC)c3)n2)CC1=O. The highest BCUT2D eigenvalue weighted by Gasteiger charge is 2.34. The fraction of sp³-hybridized carbons (Fsp3) is 0.348. The van der Waals surface area contributed by atoms with Gasteiger partial charge in [0, 0.05) is 36.6 Å². The minimum atomic E-state index is -0.156. The third-order valence-corrected chi connectivity index (χ3v) is 5.49. The summed E-state index contributed by atoms with van der Waals surface area (Å²) in [7, 11) is 6.25. The molecule has 0 N–H and O–H groups in total. The summed E-state index contributed by atoms with van der Waals surface area (Å²) >= 11 is 0. The number of carbonyl (C=O) groups is 1. The van der Waals surface area contributed by atoms with Crippen LogP contribution in [0, 0.1) is 0 Å². The van der Waals surface area contributed by atoms with Crippen molar-refractivity contribution in [3.63, 3.8) is 0 Å². The van der Waals surface area contributed by atoms with E-state index in [0.29, 0.717) is 54.0 Å². The molecular formula is C23H25N3O6. The first-order valence-corrected chi connectivity index (χ1v) is 10.1. The number of amides is 1. The van der Waals surface area contributed by atoms with Crippen molar-refractivity contribution in [2.24, 2.45) is 0 Å². The third kappa shape index (κ3) is 4.05. The average Bonchev–Trinajstić information content (AvgIpc) is 3.45. The Labute approximate surface area is 185 Å². The van der Waals surface area contributed by atoms with Crippen molar-refractivity contribution < 1.29 is 28.3 Å². The lowest BCUT2D eigenvalue weighted by Crippen LogP contribution is -2.24. The summed E-state index contributed by atoms with van der Waals surface area (Å²) in [4.78, 5) is 19.0. The van der Waals surface area contributed by atoms with Gasteiger partial charge in [-0.15, -0.1) is 0 Å². The highest BCUT2D eigenvalue weighted by Crippen LogP contribution is 2.41. The fourth-order valence-electron chi connectivity index (χ4n) is 3.86. The number of hydrogen-bond acceptors (Lipinski definition) is 8. The lowest BCUT2D eigenvalue weighted by molar-refractivity contribution is -0.128. The maximum absolute atomic E-state index is 12.6. The van der Waals surface area contributed by atoms with Crippen LogP contribution >= 0.6 is 0 Å². The van der Waals surface area contributed by atoms with Gasteiger partial charge in [0.25, 0.3) is 5.89 Å². The van der Waals surface area contributed by atoms with Crippen LogP contribution in [0.15, 0.2) is 40.9 Å². The van der Waals surface area contributed by atoms with Crippen molar-refractivity contribution in [3.05, 3.63) is 47.8 Å². The van der Waals surface area contributed by atoms with E-state index in [0.717, 1.165) is 11.3 Å². The van der Waals surface area contributed by atoms with Crippen LogP contribution < -0.4 is 18.9 Å². The first-order valence-electron chi connectivity index (χ1n) is 10.1. The standard InChI is InChI=1S/C23H25N3O6/c1-28-17-8-6-5-7-14(17)12-26-13-16(11-20(26)27)22-24-23(32-25-22)15-9-18(29-2)21(31-4)19(10-15)30-3/h5-10,16H,11-13H2,1-4H3. The Morgan fingerprint density at radius 1 is 1.00 bits per heavy atom. The summed E-state index contributed by atoms with van der Waals surface area (Å²) in [6.45, 7) is 0.974. The number of rotatable bonds is 8. The van der Waals surface area contributed by atoms with Gasteiger partial charge in [0.15, 0.2) is 17.3 Å². The van der Waals surface area contributed by atoms with Crippen LogP contribution in [0.2, 0.25) is 0 Å². The largest absolute Gasteiger partial charge is 0.496 e. The molecule has 1 aliphatic rings. The van der Waals surface area contributed by atoms with Crippen LogP contribution in [0.5, 0.6) is 23.0 Å². The van der Waals surface area contributed by atoms with Gasteiger partial charge in [0.2, 0.25) is 11.7 Å². The molecule has 2 heterocycles. The second-order valence-electron chi connectivity index (χ2n) is 7.36. The monoisotopic (exact) mass is 439 g/mol. The van der Waals surface area contributed by atoms with Gasteiger partial charge in [-0.2, -0.15) is 4.98 Å². The summed E-state index contributed by atoms with van der Waals surface area (Å²) in [6, 6.07) is 11.2. The fourth-order valence-corrected chi connectivity index (χ4v) is 3.86. The average molecular weight is 439 g/mol. The minimum Gasteiger partial charge on any atom is -0.496 e. The molecule has 4 rings (SSSR count). The Hall–Kier alpha value is -3.75. The van der Waals surface area contributed by atoms with Crippen molar-refractivity contribution in [1.82, 2.24) is 15.0 Å². The Bertz CT molecular complexity index is 1090. The van der Waals surface area contributed by atoms with Crippen molar-refractivity contribution in [2.45, 2.75) is 18.9 Å². The summed E-state index contributed by atoms with van der Waals surface area (Å²) in [5.41, 5.74) is 1.59. The molecule has 1 atom stereocenters. The van der Waals surface area contributed by atoms with Gasteiger partial charge in [-0.25, -0.2) is 0 Å². The molecule has 1 amide bonds. The smallest absolute Gasteiger partial charge is 0.258 e. The van der Waals surface area contributed by atoms with E-state index in [2.05, 4.69) is 10.1 Å². The highest BCUT2D eigenvalue weighted by atomic mass is 16.5. The second kappa shape index (κ2) is 9.17. The van der Waals surface area contributed by atoms with Crippen molar-refractivity contribution >= 4 is 5.91 Å². The molecule has 32 heavy (non-hydrogen) atoms. The number of methoxy groups -OCH3 is 4. The molecule has 1 unspecified atom stereocenters. The Balaban J connectivity index is 1.54. The highest BCUT2D eigenvalue weighted by molar-refractivity contribution is 5.79. The summed E-state index contributed by atoms with van der Waals surface area (Å²) < 4.78 is 27.0. The predicted molar refractivity (Wildman–Crippen MR) is 115 cm³/mol. The molecule has 9 nitrogen and oxygen atoms in total. The van der Waals surface area contributed by atoms with Crippen LogP contribution in [0.3, 0.4) is 0 Å². The van der Waals surface area contributed by atoms with Gasteiger partial charge in [0.1, 0.15) is 5.75 Å². The van der Waals surface area contributed by atoms with Gasteiger partial charge < -0.3 is 28.4 Å². The van der Waals surface area contributed by atoms with E-state index in [1.54, 1.807) is 45.5 Å². The van der Waals surface area contributed by atoms with E-state index < -0.39 is 0 Å². The van der Waals surface area contributed by atoms with Gasteiger partial charge in [0.05, 0.1) is 28.4 Å². The molecule has 0 aliphatic carbocycles. The summed E-state index contributed by atoms with van der Waals surface area (Å²) in [6.07, 6.45) is 0.323. The van der Waals surface area contributed by atoms with Crippen LogP contribution in [0.4, 0.5) is 0 Å². The topological polar surface area (TPSA) is 96.2 Å². The quantitative estimate of drug-likeness (QED) is 0.528. The Kier molecular flexibility index (Phi) is 6.16. The molecule has 1 fully saturated rings. The zero-order chi connectivity index (χ0) is 22.7. The zero-order valence-corrected chi connectivity index (χ0v) is 18.5. The van der Waals surface area contributed by atoms with Crippen LogP contribution in [0.1, 0.15) is 23.7 Å². The molecule has 0 saturated carbocycles. The van der Waals surface area contributed by atoms with Crippen molar-refractivity contribution in [2.75, 3.05) is 35.0 Å². The molecule has 2 aromatic carbocycles. The van der Waals surface area contributed by atoms with Crippen LogP contribution in [0.25, 0.3) is 11.5 Å². The number of aromatic nitrogens is 2. The van der Waals surface area contributed by atoms with Gasteiger partial charge in [-0.05, 0) is 18.2 Å². The second-order valence-corrected chi connectivity index (χ2v) is 7.36. The lowest BCUT2D eigenvalue weighted by atomic mass is 10.1. The maximum atomic E-state index is 12.6. The molecular weight excluding hydrogens is 414 g/mol. The van der Waals surface area contributed by atoms with Crippen LogP contribution in [-0.4, -0.2) is 55.9 Å². The number of ether oxygens (including phenoxy) is 4. The molecule has 1 saturated heterocycles. The number of para-hydroxylation sites is 1. The number of hydrogen-bond donors (Lipinski definition) is 0.